The monoisotopic (exact) mass is 501 g/mol. The van der Waals surface area contributed by atoms with Crippen molar-refractivity contribution in [2.24, 2.45) is 17.8 Å². The van der Waals surface area contributed by atoms with Crippen molar-refractivity contribution in [3.8, 4) is 0 Å². The summed E-state index contributed by atoms with van der Waals surface area (Å²) >= 11 is 0. The molecule has 38 heavy (non-hydrogen) atoms. The van der Waals surface area contributed by atoms with Gasteiger partial charge in [0.2, 0.25) is 5.91 Å². The van der Waals surface area contributed by atoms with E-state index in [1.54, 1.807) is 0 Å². The second kappa shape index (κ2) is 9.68. The van der Waals surface area contributed by atoms with Crippen LogP contribution in [0.1, 0.15) is 23.1 Å². The molecule has 8 rings (SSSR count). The lowest BCUT2D eigenvalue weighted by atomic mass is 9.58. The van der Waals surface area contributed by atoms with Crippen LogP contribution in [0.25, 0.3) is 10.8 Å². The van der Waals surface area contributed by atoms with Crippen LogP contribution < -0.4 is 10.6 Å². The molecule has 3 saturated heterocycles. The molecule has 4 bridgehead atoms. The van der Waals surface area contributed by atoms with E-state index in [-0.39, 0.29) is 11.9 Å². The fraction of sp³-hybridized carbons (Fsp3) is 0.324. The summed E-state index contributed by atoms with van der Waals surface area (Å²) in [5.41, 5.74) is 3.32. The number of fused-ring (bicyclic) bond motifs is 2. The molecule has 0 spiro atoms. The Kier molecular flexibility index (Phi) is 6.02. The largest absolute Gasteiger partial charge is 0.350 e. The zero-order valence-corrected chi connectivity index (χ0v) is 21.7. The van der Waals surface area contributed by atoms with E-state index in [2.05, 4.69) is 100 Å². The van der Waals surface area contributed by atoms with Crippen molar-refractivity contribution >= 4 is 16.7 Å². The molecule has 2 N–H and O–H groups in total. The number of benzene rings is 4. The Morgan fingerprint density at radius 1 is 0.868 bits per heavy atom. The SMILES string of the molecule is O=C(NCc1ccccc1)C12NCC3CC1CN(Cc1cccc4ccccc14)C2C3Cc1ccccc1. The van der Waals surface area contributed by atoms with Crippen LogP contribution in [0.15, 0.2) is 103 Å². The van der Waals surface area contributed by atoms with Crippen LogP contribution in [-0.4, -0.2) is 35.5 Å². The Morgan fingerprint density at radius 2 is 1.58 bits per heavy atom. The average Bonchev–Trinajstić information content (AvgIpc) is 3.23. The van der Waals surface area contributed by atoms with Crippen LogP contribution in [0.3, 0.4) is 0 Å². The molecule has 1 saturated carbocycles. The summed E-state index contributed by atoms with van der Waals surface area (Å²) in [7, 11) is 0. The number of hydrogen-bond acceptors (Lipinski definition) is 3. The smallest absolute Gasteiger partial charge is 0.242 e. The maximum atomic E-state index is 14.2. The molecule has 0 aromatic heterocycles. The van der Waals surface area contributed by atoms with Gasteiger partial charge in [0, 0.05) is 31.6 Å². The van der Waals surface area contributed by atoms with Gasteiger partial charge in [0.1, 0.15) is 5.54 Å². The Morgan fingerprint density at radius 3 is 2.39 bits per heavy atom. The molecular formula is C34H35N3O. The van der Waals surface area contributed by atoms with Crippen molar-refractivity contribution in [2.45, 2.75) is 37.5 Å². The topological polar surface area (TPSA) is 44.4 Å². The number of rotatable bonds is 7. The summed E-state index contributed by atoms with van der Waals surface area (Å²) in [4.78, 5) is 16.9. The average molecular weight is 502 g/mol. The predicted molar refractivity (Wildman–Crippen MR) is 152 cm³/mol. The van der Waals surface area contributed by atoms with Gasteiger partial charge in [0.15, 0.2) is 0 Å². The van der Waals surface area contributed by atoms with Crippen LogP contribution in [0.5, 0.6) is 0 Å². The van der Waals surface area contributed by atoms with Gasteiger partial charge in [-0.25, -0.2) is 0 Å². The fourth-order valence-corrected chi connectivity index (χ4v) is 7.82. The third-order valence-corrected chi connectivity index (χ3v) is 9.45. The first-order valence-electron chi connectivity index (χ1n) is 14.0. The number of amides is 1. The fourth-order valence-electron chi connectivity index (χ4n) is 7.82. The van der Waals surface area contributed by atoms with Gasteiger partial charge in [-0.05, 0) is 58.7 Å². The molecular weight excluding hydrogens is 466 g/mol. The molecule has 1 amide bonds. The highest BCUT2D eigenvalue weighted by Crippen LogP contribution is 2.53. The lowest BCUT2D eigenvalue weighted by molar-refractivity contribution is -0.138. The summed E-state index contributed by atoms with van der Waals surface area (Å²) in [5, 5.41) is 9.80. The predicted octanol–water partition coefficient (Wildman–Crippen LogP) is 5.18. The molecule has 0 radical (unpaired) electrons. The molecule has 4 nitrogen and oxygen atoms in total. The van der Waals surface area contributed by atoms with Crippen molar-refractivity contribution in [3.05, 3.63) is 120 Å². The quantitative estimate of drug-likeness (QED) is 0.367. The normalized spacial score (nSPS) is 28.0. The van der Waals surface area contributed by atoms with Crippen molar-refractivity contribution in [1.29, 1.82) is 0 Å². The molecule has 3 heterocycles. The van der Waals surface area contributed by atoms with E-state index in [1.807, 2.05) is 18.2 Å². The third-order valence-electron chi connectivity index (χ3n) is 9.45. The van der Waals surface area contributed by atoms with Gasteiger partial charge >= 0.3 is 0 Å². The standard InChI is InChI=1S/C34H35N3O/c38-33(35-20-25-12-5-2-6-13-25)34-29-19-28(21-36-34)31(18-24-10-3-1-4-11-24)32(34)37(23-29)22-27-16-9-15-26-14-7-8-17-30(26)27/h1-17,28-29,31-32,36H,18-23H2,(H,35,38). The minimum Gasteiger partial charge on any atom is -0.350 e. The molecule has 4 aliphatic rings. The highest BCUT2D eigenvalue weighted by molar-refractivity contribution is 5.89. The molecule has 3 aliphatic heterocycles. The number of nitrogens with one attached hydrogen (secondary N) is 2. The van der Waals surface area contributed by atoms with Crippen molar-refractivity contribution < 1.29 is 4.79 Å². The summed E-state index contributed by atoms with van der Waals surface area (Å²) in [6.07, 6.45) is 2.14. The van der Waals surface area contributed by atoms with Gasteiger partial charge in [0.05, 0.1) is 0 Å². The number of nitrogens with zero attached hydrogens (tertiary/aromatic N) is 1. The van der Waals surface area contributed by atoms with E-state index in [0.29, 0.717) is 24.3 Å². The number of likely N-dealkylation sites (tertiary alicyclic amines) is 1. The molecule has 4 aromatic rings. The zero-order valence-electron chi connectivity index (χ0n) is 21.7. The van der Waals surface area contributed by atoms with Crippen LogP contribution >= 0.6 is 0 Å². The Bertz CT molecular complexity index is 1430. The molecule has 4 fully saturated rings. The van der Waals surface area contributed by atoms with Crippen LogP contribution in [0.4, 0.5) is 0 Å². The van der Waals surface area contributed by atoms with Gasteiger partial charge in [-0.3, -0.25) is 9.69 Å². The molecule has 4 aromatic carbocycles. The van der Waals surface area contributed by atoms with Crippen molar-refractivity contribution in [3.63, 3.8) is 0 Å². The van der Waals surface area contributed by atoms with E-state index in [0.717, 1.165) is 38.0 Å². The zero-order chi connectivity index (χ0) is 25.5. The Balaban J connectivity index is 1.24. The van der Waals surface area contributed by atoms with E-state index in [4.69, 9.17) is 0 Å². The third kappa shape index (κ3) is 3.95. The molecule has 4 heteroatoms. The Hall–Kier alpha value is -3.47. The Labute approximate surface area is 225 Å². The lowest BCUT2D eigenvalue weighted by Gasteiger charge is -2.56. The first-order valence-corrected chi connectivity index (χ1v) is 14.0. The number of hydrogen-bond donors (Lipinski definition) is 2. The second-order valence-electron chi connectivity index (χ2n) is 11.5. The summed E-state index contributed by atoms with van der Waals surface area (Å²) in [6, 6.07) is 36.6. The summed E-state index contributed by atoms with van der Waals surface area (Å²) in [5.74, 6) is 1.53. The minimum absolute atomic E-state index is 0.162. The molecule has 192 valence electrons. The van der Waals surface area contributed by atoms with Crippen molar-refractivity contribution in [1.82, 2.24) is 15.5 Å². The van der Waals surface area contributed by atoms with Gasteiger partial charge in [-0.1, -0.05) is 103 Å². The van der Waals surface area contributed by atoms with Gasteiger partial charge in [-0.2, -0.15) is 0 Å². The van der Waals surface area contributed by atoms with E-state index >= 15 is 0 Å². The first-order chi connectivity index (χ1) is 18.7. The number of piperidine rings is 2. The lowest BCUT2D eigenvalue weighted by Crippen LogP contribution is -2.76. The molecule has 5 unspecified atom stereocenters. The highest BCUT2D eigenvalue weighted by Gasteiger charge is 2.67. The minimum atomic E-state index is -0.548. The maximum Gasteiger partial charge on any atom is 0.242 e. The summed E-state index contributed by atoms with van der Waals surface area (Å²) in [6.45, 7) is 3.32. The van der Waals surface area contributed by atoms with Gasteiger partial charge < -0.3 is 10.6 Å². The summed E-state index contributed by atoms with van der Waals surface area (Å²) < 4.78 is 0. The number of carbonyl (C=O) groups excluding carboxylic acids is 1. The van der Waals surface area contributed by atoms with Crippen LogP contribution in [0, 0.1) is 17.8 Å². The van der Waals surface area contributed by atoms with Gasteiger partial charge in [-0.15, -0.1) is 0 Å². The first kappa shape index (κ1) is 23.6. The van der Waals surface area contributed by atoms with Crippen LogP contribution in [-0.2, 0) is 24.3 Å². The van der Waals surface area contributed by atoms with E-state index < -0.39 is 5.54 Å². The van der Waals surface area contributed by atoms with Crippen molar-refractivity contribution in [2.75, 3.05) is 13.1 Å². The van der Waals surface area contributed by atoms with Crippen LogP contribution in [0.2, 0.25) is 0 Å². The second-order valence-corrected chi connectivity index (χ2v) is 11.5. The molecule has 1 aliphatic carbocycles. The number of carbonyl (C=O) groups is 1. The highest BCUT2D eigenvalue weighted by atomic mass is 16.2. The van der Waals surface area contributed by atoms with E-state index in [1.165, 1.54) is 21.9 Å². The molecule has 5 atom stereocenters. The van der Waals surface area contributed by atoms with Gasteiger partial charge in [0.25, 0.3) is 0 Å². The van der Waals surface area contributed by atoms with E-state index in [9.17, 15) is 4.79 Å². The maximum absolute atomic E-state index is 14.2.